The molecule has 0 bridgehead atoms. The summed E-state index contributed by atoms with van der Waals surface area (Å²) in [7, 11) is 2.01. The molecule has 3 aromatic rings. The maximum absolute atomic E-state index is 9.21. The molecule has 0 saturated carbocycles. The number of imidazole rings is 1. The normalized spacial score (nSPS) is 11.1. The Kier molecular flexibility index (Phi) is 2.84. The van der Waals surface area contributed by atoms with Crippen molar-refractivity contribution >= 4 is 11.0 Å². The SMILES string of the molecule is Cc1ccc(-c2nc3ccc(CO)cc3n2C)cc1. The standard InChI is InChI=1S/C16H16N2O/c1-11-3-6-13(7-4-11)16-17-14-8-5-12(10-19)9-15(14)18(16)2/h3-9,19H,10H2,1-2H3. The van der Waals surface area contributed by atoms with E-state index >= 15 is 0 Å². The zero-order valence-electron chi connectivity index (χ0n) is 11.1. The van der Waals surface area contributed by atoms with Crippen LogP contribution in [-0.2, 0) is 13.7 Å². The summed E-state index contributed by atoms with van der Waals surface area (Å²) in [6.45, 7) is 2.13. The van der Waals surface area contributed by atoms with Crippen LogP contribution < -0.4 is 0 Å². The lowest BCUT2D eigenvalue weighted by atomic mass is 10.1. The van der Waals surface area contributed by atoms with Gasteiger partial charge < -0.3 is 9.67 Å². The van der Waals surface area contributed by atoms with E-state index in [4.69, 9.17) is 0 Å². The maximum Gasteiger partial charge on any atom is 0.140 e. The molecule has 1 N–H and O–H groups in total. The molecule has 0 radical (unpaired) electrons. The summed E-state index contributed by atoms with van der Waals surface area (Å²) in [5.41, 5.74) is 5.25. The first-order valence-electron chi connectivity index (χ1n) is 6.32. The molecule has 3 heteroatoms. The van der Waals surface area contributed by atoms with Crippen LogP contribution in [-0.4, -0.2) is 14.7 Å². The van der Waals surface area contributed by atoms with E-state index in [1.165, 1.54) is 5.56 Å². The molecule has 0 aliphatic rings. The third-order valence-corrected chi connectivity index (χ3v) is 3.44. The van der Waals surface area contributed by atoms with Gasteiger partial charge in [0.15, 0.2) is 0 Å². The van der Waals surface area contributed by atoms with Crippen molar-refractivity contribution in [2.45, 2.75) is 13.5 Å². The lowest BCUT2D eigenvalue weighted by Crippen LogP contribution is -1.93. The minimum Gasteiger partial charge on any atom is -0.392 e. The maximum atomic E-state index is 9.21. The van der Waals surface area contributed by atoms with Gasteiger partial charge in [0.1, 0.15) is 5.82 Å². The van der Waals surface area contributed by atoms with E-state index < -0.39 is 0 Å². The molecule has 0 amide bonds. The van der Waals surface area contributed by atoms with E-state index in [0.717, 1.165) is 28.0 Å². The zero-order valence-corrected chi connectivity index (χ0v) is 11.1. The molecule has 1 heterocycles. The summed E-state index contributed by atoms with van der Waals surface area (Å²) in [6.07, 6.45) is 0. The average molecular weight is 252 g/mol. The predicted octanol–water partition coefficient (Wildman–Crippen LogP) is 3.04. The Morgan fingerprint density at radius 1 is 1.11 bits per heavy atom. The van der Waals surface area contributed by atoms with Crippen molar-refractivity contribution in [2.24, 2.45) is 7.05 Å². The minimum absolute atomic E-state index is 0.0565. The summed E-state index contributed by atoms with van der Waals surface area (Å²) in [6, 6.07) is 14.2. The van der Waals surface area contributed by atoms with Crippen LogP contribution in [0.1, 0.15) is 11.1 Å². The van der Waals surface area contributed by atoms with Gasteiger partial charge in [0.25, 0.3) is 0 Å². The Bertz CT molecular complexity index is 726. The Hall–Kier alpha value is -2.13. The third-order valence-electron chi connectivity index (χ3n) is 3.44. The highest BCUT2D eigenvalue weighted by molar-refractivity contribution is 5.81. The van der Waals surface area contributed by atoms with Crippen LogP contribution >= 0.6 is 0 Å². The number of aliphatic hydroxyl groups excluding tert-OH is 1. The molecule has 0 unspecified atom stereocenters. The first-order valence-corrected chi connectivity index (χ1v) is 6.32. The van der Waals surface area contributed by atoms with E-state index in [0.29, 0.717) is 0 Å². The van der Waals surface area contributed by atoms with Crippen LogP contribution in [0.25, 0.3) is 22.4 Å². The second kappa shape index (κ2) is 4.52. The molecule has 0 fully saturated rings. The number of aromatic nitrogens is 2. The molecule has 3 nitrogen and oxygen atoms in total. The number of nitrogens with zero attached hydrogens (tertiary/aromatic N) is 2. The highest BCUT2D eigenvalue weighted by Gasteiger charge is 2.09. The summed E-state index contributed by atoms with van der Waals surface area (Å²) in [4.78, 5) is 4.67. The van der Waals surface area contributed by atoms with E-state index in [1.807, 2.05) is 25.2 Å². The first-order chi connectivity index (χ1) is 9.19. The Morgan fingerprint density at radius 3 is 2.53 bits per heavy atom. The third kappa shape index (κ3) is 2.02. The lowest BCUT2D eigenvalue weighted by Gasteiger charge is -2.03. The van der Waals surface area contributed by atoms with E-state index in [-0.39, 0.29) is 6.61 Å². The van der Waals surface area contributed by atoms with Crippen molar-refractivity contribution in [3.05, 3.63) is 53.6 Å². The van der Waals surface area contributed by atoms with Gasteiger partial charge >= 0.3 is 0 Å². The van der Waals surface area contributed by atoms with Gasteiger partial charge in [-0.2, -0.15) is 0 Å². The van der Waals surface area contributed by atoms with Gasteiger partial charge in [0.05, 0.1) is 17.6 Å². The lowest BCUT2D eigenvalue weighted by molar-refractivity contribution is 0.282. The van der Waals surface area contributed by atoms with Crippen LogP contribution in [0.2, 0.25) is 0 Å². The van der Waals surface area contributed by atoms with Crippen LogP contribution in [0.15, 0.2) is 42.5 Å². The van der Waals surface area contributed by atoms with Crippen molar-refractivity contribution in [1.82, 2.24) is 9.55 Å². The average Bonchev–Trinajstić information content (AvgIpc) is 2.76. The Labute approximate surface area is 112 Å². The molecule has 0 atom stereocenters. The number of aryl methyl sites for hydroxylation is 2. The van der Waals surface area contributed by atoms with E-state index in [9.17, 15) is 5.11 Å². The van der Waals surface area contributed by atoms with Crippen molar-refractivity contribution in [3.8, 4) is 11.4 Å². The van der Waals surface area contributed by atoms with Gasteiger partial charge in [0.2, 0.25) is 0 Å². The number of hydrogen-bond acceptors (Lipinski definition) is 2. The van der Waals surface area contributed by atoms with Gasteiger partial charge in [-0.05, 0) is 24.6 Å². The number of rotatable bonds is 2. The minimum atomic E-state index is 0.0565. The van der Waals surface area contributed by atoms with Crippen molar-refractivity contribution < 1.29 is 5.11 Å². The van der Waals surface area contributed by atoms with Crippen LogP contribution in [0.5, 0.6) is 0 Å². The van der Waals surface area contributed by atoms with Gasteiger partial charge in [-0.25, -0.2) is 4.98 Å². The molecule has 0 saturated heterocycles. The fraction of sp³-hybridized carbons (Fsp3) is 0.188. The summed E-state index contributed by atoms with van der Waals surface area (Å²) < 4.78 is 2.07. The van der Waals surface area contributed by atoms with Crippen molar-refractivity contribution in [2.75, 3.05) is 0 Å². The van der Waals surface area contributed by atoms with Gasteiger partial charge in [-0.3, -0.25) is 0 Å². The monoisotopic (exact) mass is 252 g/mol. The van der Waals surface area contributed by atoms with Gasteiger partial charge in [-0.1, -0.05) is 35.9 Å². The predicted molar refractivity (Wildman–Crippen MR) is 76.8 cm³/mol. The molecule has 3 rings (SSSR count). The molecule has 0 aliphatic carbocycles. The number of fused-ring (bicyclic) bond motifs is 1. The van der Waals surface area contributed by atoms with Crippen LogP contribution in [0.4, 0.5) is 0 Å². The van der Waals surface area contributed by atoms with Crippen LogP contribution in [0, 0.1) is 6.92 Å². The van der Waals surface area contributed by atoms with Crippen LogP contribution in [0.3, 0.4) is 0 Å². The number of benzene rings is 2. The smallest absolute Gasteiger partial charge is 0.140 e. The van der Waals surface area contributed by atoms with Gasteiger partial charge in [0, 0.05) is 12.6 Å². The van der Waals surface area contributed by atoms with Crippen molar-refractivity contribution in [3.63, 3.8) is 0 Å². The topological polar surface area (TPSA) is 38.1 Å². The number of hydrogen-bond donors (Lipinski definition) is 1. The number of aliphatic hydroxyl groups is 1. The fourth-order valence-electron chi connectivity index (χ4n) is 2.29. The Morgan fingerprint density at radius 2 is 1.84 bits per heavy atom. The summed E-state index contributed by atoms with van der Waals surface area (Å²) in [5.74, 6) is 0.949. The molecule has 96 valence electrons. The second-order valence-electron chi connectivity index (χ2n) is 4.84. The van der Waals surface area contributed by atoms with E-state index in [2.05, 4.69) is 40.7 Å². The summed E-state index contributed by atoms with van der Waals surface area (Å²) >= 11 is 0. The largest absolute Gasteiger partial charge is 0.392 e. The molecule has 2 aromatic carbocycles. The van der Waals surface area contributed by atoms with Crippen molar-refractivity contribution in [1.29, 1.82) is 0 Å². The summed E-state index contributed by atoms with van der Waals surface area (Å²) in [5, 5.41) is 9.21. The quantitative estimate of drug-likeness (QED) is 0.761. The zero-order chi connectivity index (χ0) is 13.4. The van der Waals surface area contributed by atoms with Gasteiger partial charge in [-0.15, -0.1) is 0 Å². The molecule has 19 heavy (non-hydrogen) atoms. The second-order valence-corrected chi connectivity index (χ2v) is 4.84. The fourth-order valence-corrected chi connectivity index (χ4v) is 2.29. The van der Waals surface area contributed by atoms with E-state index in [1.54, 1.807) is 0 Å². The molecule has 0 spiro atoms. The first kappa shape index (κ1) is 11.9. The molecule has 1 aromatic heterocycles. The highest BCUT2D eigenvalue weighted by atomic mass is 16.3. The Balaban J connectivity index is 2.19. The molecular weight excluding hydrogens is 236 g/mol. The molecular formula is C16H16N2O. The highest BCUT2D eigenvalue weighted by Crippen LogP contribution is 2.24. The molecule has 0 aliphatic heterocycles.